The Bertz CT molecular complexity index is 80.9. The predicted octanol–water partition coefficient (Wildman–Crippen LogP) is 2.55. The van der Waals surface area contributed by atoms with E-state index in [4.69, 9.17) is 0 Å². The smallest absolute Gasteiger partial charge is 0.343 e. The molecular formula is C9H14Ba. The van der Waals surface area contributed by atoms with Gasteiger partial charge in [0.1, 0.15) is 0 Å². The largest absolute Gasteiger partial charge is 2.00 e. The molecule has 0 radical (unpaired) electrons. The van der Waals surface area contributed by atoms with Crippen molar-refractivity contribution in [1.82, 2.24) is 0 Å². The van der Waals surface area contributed by atoms with Crippen molar-refractivity contribution in [3.8, 4) is 0 Å². The summed E-state index contributed by atoms with van der Waals surface area (Å²) >= 11 is 0. The maximum absolute atomic E-state index is 3.60. The minimum Gasteiger partial charge on any atom is -0.343 e. The van der Waals surface area contributed by atoms with Gasteiger partial charge in [0.05, 0.1) is 0 Å². The standard InChI is InChI=1S/C5H5.C4H9.Ba/c1-2-4-5-3-1;1-3-4-2;/h1-3H,4H2;1,3-4H2,2H3;/q2*-1;+2. The van der Waals surface area contributed by atoms with Crippen LogP contribution < -0.4 is 0 Å². The molecule has 0 bridgehead atoms. The van der Waals surface area contributed by atoms with Gasteiger partial charge >= 0.3 is 48.9 Å². The molecule has 0 aromatic rings. The van der Waals surface area contributed by atoms with Crippen molar-refractivity contribution in [2.45, 2.75) is 26.2 Å². The summed E-state index contributed by atoms with van der Waals surface area (Å²) in [6.07, 6.45) is 12.3. The summed E-state index contributed by atoms with van der Waals surface area (Å²) in [4.78, 5) is 0. The molecule has 0 amide bonds. The minimum atomic E-state index is 0. The summed E-state index contributed by atoms with van der Waals surface area (Å²) in [6, 6.07) is 0. The van der Waals surface area contributed by atoms with Crippen molar-refractivity contribution < 1.29 is 0 Å². The second-order valence-corrected chi connectivity index (χ2v) is 1.86. The zero-order chi connectivity index (χ0) is 6.95. The van der Waals surface area contributed by atoms with Gasteiger partial charge in [-0.3, -0.25) is 6.08 Å². The van der Waals surface area contributed by atoms with Crippen LogP contribution in [0.2, 0.25) is 0 Å². The van der Waals surface area contributed by atoms with Gasteiger partial charge in [-0.15, -0.1) is 6.42 Å². The predicted molar refractivity (Wildman–Crippen MR) is 47.6 cm³/mol. The third-order valence-electron chi connectivity index (χ3n) is 0.939. The molecule has 10 heavy (non-hydrogen) atoms. The fraction of sp³-hybridized carbons (Fsp3) is 0.444. The summed E-state index contributed by atoms with van der Waals surface area (Å²) in [5, 5.41) is 0. The summed E-state index contributed by atoms with van der Waals surface area (Å²) in [6.45, 7) is 5.72. The quantitative estimate of drug-likeness (QED) is 0.501. The van der Waals surface area contributed by atoms with Gasteiger partial charge in [0.2, 0.25) is 0 Å². The summed E-state index contributed by atoms with van der Waals surface area (Å²) in [7, 11) is 0. The molecule has 1 heteroatoms. The second-order valence-electron chi connectivity index (χ2n) is 1.86. The molecular weight excluding hydrogens is 245 g/mol. The van der Waals surface area contributed by atoms with Gasteiger partial charge in [0.15, 0.2) is 0 Å². The van der Waals surface area contributed by atoms with E-state index in [1.807, 2.05) is 12.2 Å². The molecule has 1 rings (SSSR count). The van der Waals surface area contributed by atoms with E-state index in [0.29, 0.717) is 0 Å². The van der Waals surface area contributed by atoms with Crippen LogP contribution in [0.4, 0.5) is 0 Å². The molecule has 0 spiro atoms. The van der Waals surface area contributed by atoms with Crippen molar-refractivity contribution >= 4 is 48.9 Å². The van der Waals surface area contributed by atoms with E-state index in [-0.39, 0.29) is 48.9 Å². The Morgan fingerprint density at radius 3 is 2.30 bits per heavy atom. The van der Waals surface area contributed by atoms with Crippen molar-refractivity contribution in [2.24, 2.45) is 0 Å². The van der Waals surface area contributed by atoms with E-state index in [2.05, 4.69) is 26.0 Å². The molecule has 0 nitrogen and oxygen atoms in total. The van der Waals surface area contributed by atoms with Crippen LogP contribution in [0.15, 0.2) is 18.2 Å². The average Bonchev–Trinajstić information content (AvgIpc) is 2.43. The van der Waals surface area contributed by atoms with Crippen LogP contribution in [-0.2, 0) is 0 Å². The fourth-order valence-electron chi connectivity index (χ4n) is 0.340. The summed E-state index contributed by atoms with van der Waals surface area (Å²) in [5.74, 6) is 0. The molecule has 52 valence electrons. The van der Waals surface area contributed by atoms with Crippen LogP contribution in [0.25, 0.3) is 0 Å². The monoisotopic (exact) mass is 260 g/mol. The number of hydrogen-bond acceptors (Lipinski definition) is 0. The molecule has 0 aromatic heterocycles. The summed E-state index contributed by atoms with van der Waals surface area (Å²) < 4.78 is 0. The van der Waals surface area contributed by atoms with Gasteiger partial charge in [-0.2, -0.15) is 12.5 Å². The number of hydrogen-bond donors (Lipinski definition) is 0. The zero-order valence-corrected chi connectivity index (χ0v) is 11.2. The Morgan fingerprint density at radius 2 is 2.20 bits per heavy atom. The van der Waals surface area contributed by atoms with Gasteiger partial charge in [-0.1, -0.05) is 13.3 Å². The SMILES string of the molecule is [Ba+2].[C-]1=CC=CC1.[CH2-]CCC. The van der Waals surface area contributed by atoms with Gasteiger partial charge in [-0.25, -0.2) is 12.2 Å². The molecule has 0 fully saturated rings. The maximum atomic E-state index is 3.60. The van der Waals surface area contributed by atoms with Crippen molar-refractivity contribution in [3.05, 3.63) is 31.2 Å². The molecule has 0 atom stereocenters. The van der Waals surface area contributed by atoms with Crippen molar-refractivity contribution in [1.29, 1.82) is 0 Å². The van der Waals surface area contributed by atoms with E-state index in [0.717, 1.165) is 12.8 Å². The van der Waals surface area contributed by atoms with Gasteiger partial charge < -0.3 is 6.92 Å². The Hall–Kier alpha value is 1.05. The Labute approximate surface area is 105 Å². The van der Waals surface area contributed by atoms with Gasteiger partial charge in [-0.05, 0) is 0 Å². The van der Waals surface area contributed by atoms with Crippen molar-refractivity contribution in [3.63, 3.8) is 0 Å². The van der Waals surface area contributed by atoms with Gasteiger partial charge in [0, 0.05) is 0 Å². The Balaban J connectivity index is 0. The average molecular weight is 260 g/mol. The summed E-state index contributed by atoms with van der Waals surface area (Å²) in [5.41, 5.74) is 0. The third kappa shape index (κ3) is 11.8. The number of unbranched alkanes of at least 4 members (excludes halogenated alkanes) is 1. The van der Waals surface area contributed by atoms with Crippen LogP contribution in [-0.4, -0.2) is 48.9 Å². The zero-order valence-electron chi connectivity index (χ0n) is 6.77. The van der Waals surface area contributed by atoms with Crippen LogP contribution >= 0.6 is 0 Å². The topological polar surface area (TPSA) is 0 Å². The minimum absolute atomic E-state index is 0. The van der Waals surface area contributed by atoms with Crippen LogP contribution in [0, 0.1) is 13.0 Å². The van der Waals surface area contributed by atoms with Crippen molar-refractivity contribution in [2.75, 3.05) is 0 Å². The van der Waals surface area contributed by atoms with Crippen LogP contribution in [0.1, 0.15) is 26.2 Å². The van der Waals surface area contributed by atoms with Gasteiger partial charge in [0.25, 0.3) is 0 Å². The third-order valence-corrected chi connectivity index (χ3v) is 0.939. The first kappa shape index (κ1) is 13.6. The molecule has 0 N–H and O–H groups in total. The van der Waals surface area contributed by atoms with Crippen LogP contribution in [0.3, 0.4) is 0 Å². The van der Waals surface area contributed by atoms with E-state index in [1.165, 1.54) is 6.42 Å². The van der Waals surface area contributed by atoms with E-state index >= 15 is 0 Å². The first-order chi connectivity index (χ1) is 4.41. The first-order valence-electron chi connectivity index (χ1n) is 3.42. The number of rotatable bonds is 1. The fourth-order valence-corrected chi connectivity index (χ4v) is 0.340. The first-order valence-corrected chi connectivity index (χ1v) is 3.42. The maximum Gasteiger partial charge on any atom is 2.00 e. The molecule has 0 unspecified atom stereocenters. The molecule has 0 heterocycles. The molecule has 0 aliphatic heterocycles. The van der Waals surface area contributed by atoms with E-state index in [1.54, 1.807) is 0 Å². The molecule has 0 aromatic carbocycles. The van der Waals surface area contributed by atoms with E-state index < -0.39 is 0 Å². The number of allylic oxidation sites excluding steroid dienone is 4. The Morgan fingerprint density at radius 1 is 1.60 bits per heavy atom. The normalized spacial score (nSPS) is 11.8. The van der Waals surface area contributed by atoms with Crippen LogP contribution in [0.5, 0.6) is 0 Å². The molecule has 1 aliphatic rings. The molecule has 0 saturated heterocycles. The molecule has 0 saturated carbocycles. The Kier molecular flexibility index (Phi) is 17.3. The van der Waals surface area contributed by atoms with E-state index in [9.17, 15) is 0 Å². The second kappa shape index (κ2) is 12.7. The molecule has 1 aliphatic carbocycles.